The molecule has 0 aliphatic heterocycles. The van der Waals surface area contributed by atoms with Crippen LogP contribution in [0.5, 0.6) is 5.75 Å². The second kappa shape index (κ2) is 7.71. The molecular weight excluding hydrogens is 287 g/mol. The van der Waals surface area contributed by atoms with E-state index < -0.39 is 0 Å². The molecule has 0 amide bonds. The maximum absolute atomic E-state index is 13.7. The standard InChI is InChI=1S/C18H16ClFO/c1-14-5-7-16(8-6-14)13-21-18-12-15(4-2-3-11-19)9-10-17(18)20/h5-10,12H,3,11,13H2,1H3. The van der Waals surface area contributed by atoms with E-state index in [-0.39, 0.29) is 11.6 Å². The van der Waals surface area contributed by atoms with E-state index in [0.717, 1.165) is 11.1 Å². The maximum Gasteiger partial charge on any atom is 0.165 e. The third-order valence-electron chi connectivity index (χ3n) is 2.90. The van der Waals surface area contributed by atoms with Gasteiger partial charge in [-0.15, -0.1) is 11.6 Å². The highest BCUT2D eigenvalue weighted by atomic mass is 35.5. The molecular formula is C18H16ClFO. The van der Waals surface area contributed by atoms with Gasteiger partial charge in [0.25, 0.3) is 0 Å². The van der Waals surface area contributed by atoms with Gasteiger partial charge in [0, 0.05) is 17.9 Å². The van der Waals surface area contributed by atoms with Gasteiger partial charge in [-0.1, -0.05) is 41.7 Å². The van der Waals surface area contributed by atoms with Gasteiger partial charge in [-0.3, -0.25) is 0 Å². The molecule has 0 N–H and O–H groups in total. The third-order valence-corrected chi connectivity index (χ3v) is 3.09. The minimum Gasteiger partial charge on any atom is -0.486 e. The van der Waals surface area contributed by atoms with Crippen molar-refractivity contribution in [3.05, 3.63) is 65.0 Å². The zero-order valence-corrected chi connectivity index (χ0v) is 12.6. The molecule has 0 atom stereocenters. The number of alkyl halides is 1. The van der Waals surface area contributed by atoms with Crippen LogP contribution in [0, 0.1) is 24.6 Å². The first-order valence-electron chi connectivity index (χ1n) is 6.72. The SMILES string of the molecule is Cc1ccc(COc2cc(C#CCCCl)ccc2F)cc1. The topological polar surface area (TPSA) is 9.23 Å². The number of benzene rings is 2. The Kier molecular flexibility index (Phi) is 5.66. The van der Waals surface area contributed by atoms with Crippen LogP contribution in [0.15, 0.2) is 42.5 Å². The Hall–Kier alpha value is -1.98. The zero-order chi connectivity index (χ0) is 15.1. The molecule has 0 aromatic heterocycles. The summed E-state index contributed by atoms with van der Waals surface area (Å²) < 4.78 is 19.3. The first-order chi connectivity index (χ1) is 10.2. The monoisotopic (exact) mass is 302 g/mol. The fourth-order valence-electron chi connectivity index (χ4n) is 1.75. The number of ether oxygens (including phenoxy) is 1. The van der Waals surface area contributed by atoms with Crippen molar-refractivity contribution in [2.45, 2.75) is 20.0 Å². The van der Waals surface area contributed by atoms with Crippen molar-refractivity contribution in [2.75, 3.05) is 5.88 Å². The molecule has 0 aliphatic carbocycles. The predicted molar refractivity (Wildman–Crippen MR) is 84.1 cm³/mol. The number of hydrogen-bond donors (Lipinski definition) is 0. The number of aryl methyl sites for hydroxylation is 1. The van der Waals surface area contributed by atoms with Gasteiger partial charge in [-0.2, -0.15) is 0 Å². The largest absolute Gasteiger partial charge is 0.486 e. The Morgan fingerprint density at radius 3 is 2.62 bits per heavy atom. The van der Waals surface area contributed by atoms with Gasteiger partial charge in [-0.05, 0) is 30.7 Å². The van der Waals surface area contributed by atoms with E-state index in [1.165, 1.54) is 11.6 Å². The highest BCUT2D eigenvalue weighted by molar-refractivity contribution is 6.18. The summed E-state index contributed by atoms with van der Waals surface area (Å²) in [5.74, 6) is 6.18. The molecule has 0 saturated heterocycles. The van der Waals surface area contributed by atoms with Crippen LogP contribution in [0.1, 0.15) is 23.1 Å². The Bertz CT molecular complexity index is 653. The maximum atomic E-state index is 13.7. The second-order valence-electron chi connectivity index (χ2n) is 4.66. The number of hydrogen-bond acceptors (Lipinski definition) is 1. The lowest BCUT2D eigenvalue weighted by Gasteiger charge is -2.08. The van der Waals surface area contributed by atoms with E-state index in [0.29, 0.717) is 18.9 Å². The van der Waals surface area contributed by atoms with Crippen molar-refractivity contribution < 1.29 is 9.13 Å². The van der Waals surface area contributed by atoms with Crippen LogP contribution < -0.4 is 4.74 Å². The molecule has 1 nitrogen and oxygen atoms in total. The highest BCUT2D eigenvalue weighted by Gasteiger charge is 2.04. The minimum absolute atomic E-state index is 0.216. The van der Waals surface area contributed by atoms with Crippen molar-refractivity contribution in [1.82, 2.24) is 0 Å². The quantitative estimate of drug-likeness (QED) is 0.588. The van der Waals surface area contributed by atoms with Crippen molar-refractivity contribution in [1.29, 1.82) is 0 Å². The summed E-state index contributed by atoms with van der Waals surface area (Å²) in [7, 11) is 0. The smallest absolute Gasteiger partial charge is 0.165 e. The molecule has 0 radical (unpaired) electrons. The van der Waals surface area contributed by atoms with E-state index in [1.807, 2.05) is 31.2 Å². The lowest BCUT2D eigenvalue weighted by molar-refractivity contribution is 0.290. The van der Waals surface area contributed by atoms with E-state index in [2.05, 4.69) is 11.8 Å². The van der Waals surface area contributed by atoms with E-state index in [4.69, 9.17) is 16.3 Å². The van der Waals surface area contributed by atoms with Gasteiger partial charge in [0.1, 0.15) is 6.61 Å². The number of halogens is 2. The van der Waals surface area contributed by atoms with Crippen molar-refractivity contribution in [2.24, 2.45) is 0 Å². The normalized spacial score (nSPS) is 9.86. The molecule has 0 heterocycles. The van der Waals surface area contributed by atoms with Crippen LogP contribution in [0.2, 0.25) is 0 Å². The molecule has 0 spiro atoms. The highest BCUT2D eigenvalue weighted by Crippen LogP contribution is 2.20. The fourth-order valence-corrected chi connectivity index (χ4v) is 1.84. The lowest BCUT2D eigenvalue weighted by atomic mass is 10.1. The first kappa shape index (κ1) is 15.4. The molecule has 21 heavy (non-hydrogen) atoms. The van der Waals surface area contributed by atoms with Gasteiger partial charge < -0.3 is 4.74 Å². The van der Waals surface area contributed by atoms with Crippen molar-refractivity contribution in [3.63, 3.8) is 0 Å². The van der Waals surface area contributed by atoms with Gasteiger partial charge in [-0.25, -0.2) is 4.39 Å². The first-order valence-corrected chi connectivity index (χ1v) is 7.25. The molecule has 0 unspecified atom stereocenters. The van der Waals surface area contributed by atoms with Crippen LogP contribution >= 0.6 is 11.6 Å². The fraction of sp³-hybridized carbons (Fsp3) is 0.222. The van der Waals surface area contributed by atoms with E-state index in [9.17, 15) is 4.39 Å². The van der Waals surface area contributed by atoms with Crippen LogP contribution in [-0.4, -0.2) is 5.88 Å². The third kappa shape index (κ3) is 4.81. The van der Waals surface area contributed by atoms with E-state index in [1.54, 1.807) is 12.1 Å². The Balaban J connectivity index is 2.07. The van der Waals surface area contributed by atoms with Gasteiger partial charge in [0.05, 0.1) is 0 Å². The van der Waals surface area contributed by atoms with Crippen molar-refractivity contribution >= 4 is 11.6 Å². The molecule has 0 bridgehead atoms. The molecule has 0 aliphatic rings. The summed E-state index contributed by atoms with van der Waals surface area (Å²) in [6.07, 6.45) is 0.610. The Morgan fingerprint density at radius 1 is 1.14 bits per heavy atom. The van der Waals surface area contributed by atoms with Gasteiger partial charge in [0.2, 0.25) is 0 Å². The molecule has 3 heteroatoms. The molecule has 2 rings (SSSR count). The molecule has 2 aromatic rings. The molecule has 0 fully saturated rings. The summed E-state index contributed by atoms with van der Waals surface area (Å²) in [5, 5.41) is 0. The molecule has 2 aromatic carbocycles. The molecule has 0 saturated carbocycles. The van der Waals surface area contributed by atoms with Crippen LogP contribution in [0.4, 0.5) is 4.39 Å². The van der Waals surface area contributed by atoms with Crippen LogP contribution in [0.3, 0.4) is 0 Å². The summed E-state index contributed by atoms with van der Waals surface area (Å²) in [6, 6.07) is 12.6. The zero-order valence-electron chi connectivity index (χ0n) is 11.8. The summed E-state index contributed by atoms with van der Waals surface area (Å²) in [6.45, 7) is 2.35. The van der Waals surface area contributed by atoms with E-state index >= 15 is 0 Å². The van der Waals surface area contributed by atoms with Crippen LogP contribution in [0.25, 0.3) is 0 Å². The average molecular weight is 303 g/mol. The minimum atomic E-state index is -0.384. The summed E-state index contributed by atoms with van der Waals surface area (Å²) in [4.78, 5) is 0. The Labute approximate surface area is 129 Å². The average Bonchev–Trinajstić information content (AvgIpc) is 2.49. The molecule has 108 valence electrons. The second-order valence-corrected chi connectivity index (χ2v) is 5.04. The lowest BCUT2D eigenvalue weighted by Crippen LogP contribution is -1.98. The summed E-state index contributed by atoms with van der Waals surface area (Å²) in [5.41, 5.74) is 2.90. The number of rotatable bonds is 4. The Morgan fingerprint density at radius 2 is 1.90 bits per heavy atom. The summed E-state index contributed by atoms with van der Waals surface area (Å²) >= 11 is 5.57. The van der Waals surface area contributed by atoms with Crippen molar-refractivity contribution in [3.8, 4) is 17.6 Å². The van der Waals surface area contributed by atoms with Gasteiger partial charge in [0.15, 0.2) is 11.6 Å². The van der Waals surface area contributed by atoms with Gasteiger partial charge >= 0.3 is 0 Å². The van der Waals surface area contributed by atoms with Crippen LogP contribution in [-0.2, 0) is 6.61 Å². The predicted octanol–water partition coefficient (Wildman–Crippen LogP) is 4.69.